The predicted octanol–water partition coefficient (Wildman–Crippen LogP) is 1.58. The number of nitrogen functional groups attached to an aromatic ring is 1. The molecule has 0 saturated carbocycles. The van der Waals surface area contributed by atoms with Gasteiger partial charge in [-0.3, -0.25) is 0 Å². The Morgan fingerprint density at radius 3 is 3.05 bits per heavy atom. The lowest BCUT2D eigenvalue weighted by Crippen LogP contribution is -2.28. The van der Waals surface area contributed by atoms with E-state index in [4.69, 9.17) is 5.73 Å². The van der Waals surface area contributed by atoms with Crippen molar-refractivity contribution < 1.29 is 0 Å². The van der Waals surface area contributed by atoms with Gasteiger partial charge in [-0.15, -0.1) is 0 Å². The second-order valence-corrected chi connectivity index (χ2v) is 5.74. The van der Waals surface area contributed by atoms with E-state index < -0.39 is 0 Å². The fourth-order valence-corrected chi connectivity index (χ4v) is 2.79. The van der Waals surface area contributed by atoms with E-state index in [1.807, 2.05) is 18.3 Å². The van der Waals surface area contributed by atoms with Crippen LogP contribution in [0, 0.1) is 5.92 Å². The number of rotatable bonds is 3. The molecule has 2 aromatic heterocycles. The first-order valence-corrected chi connectivity index (χ1v) is 6.96. The molecule has 5 heteroatoms. The molecule has 102 valence electrons. The molecular formula is C14H21N5. The van der Waals surface area contributed by atoms with Crippen LogP contribution in [-0.2, 0) is 6.42 Å². The number of nitrogens with two attached hydrogens (primary N) is 1. The first-order valence-electron chi connectivity index (χ1n) is 6.96. The molecular weight excluding hydrogens is 238 g/mol. The van der Waals surface area contributed by atoms with Crippen LogP contribution in [0.4, 0.5) is 5.69 Å². The maximum atomic E-state index is 5.76. The Labute approximate surface area is 113 Å². The third kappa shape index (κ3) is 2.56. The predicted molar refractivity (Wildman–Crippen MR) is 75.9 cm³/mol. The molecule has 1 fully saturated rings. The maximum absolute atomic E-state index is 5.76. The Kier molecular flexibility index (Phi) is 3.14. The minimum absolute atomic E-state index is 0.638. The van der Waals surface area contributed by atoms with E-state index in [1.54, 1.807) is 4.52 Å². The number of nitrogens with zero attached hydrogens (tertiary/aromatic N) is 4. The van der Waals surface area contributed by atoms with E-state index in [0.29, 0.717) is 12.0 Å². The molecule has 0 amide bonds. The molecule has 0 bridgehead atoms. The average Bonchev–Trinajstić information content (AvgIpc) is 2.95. The van der Waals surface area contributed by atoms with Crippen LogP contribution >= 0.6 is 0 Å². The summed E-state index contributed by atoms with van der Waals surface area (Å²) in [5.74, 6) is 1.61. The zero-order chi connectivity index (χ0) is 13.4. The number of likely N-dealkylation sites (tertiary alicyclic amines) is 1. The first kappa shape index (κ1) is 12.4. The molecule has 2 aromatic rings. The van der Waals surface area contributed by atoms with Gasteiger partial charge in [0.2, 0.25) is 0 Å². The summed E-state index contributed by atoms with van der Waals surface area (Å²) in [6.07, 6.45) is 4.08. The summed E-state index contributed by atoms with van der Waals surface area (Å²) in [7, 11) is 0. The molecule has 0 aliphatic carbocycles. The van der Waals surface area contributed by atoms with Crippen molar-refractivity contribution in [3.05, 3.63) is 24.2 Å². The van der Waals surface area contributed by atoms with E-state index in [1.165, 1.54) is 13.0 Å². The fourth-order valence-electron chi connectivity index (χ4n) is 2.79. The van der Waals surface area contributed by atoms with Crippen molar-refractivity contribution in [2.24, 2.45) is 5.92 Å². The quantitative estimate of drug-likeness (QED) is 0.909. The normalized spacial score (nSPS) is 20.7. The van der Waals surface area contributed by atoms with Crippen molar-refractivity contribution in [1.82, 2.24) is 19.5 Å². The van der Waals surface area contributed by atoms with Gasteiger partial charge in [0.1, 0.15) is 0 Å². The maximum Gasteiger partial charge on any atom is 0.157 e. The molecule has 3 heterocycles. The Morgan fingerprint density at radius 1 is 1.47 bits per heavy atom. The van der Waals surface area contributed by atoms with Crippen LogP contribution in [0.3, 0.4) is 0 Å². The van der Waals surface area contributed by atoms with Crippen molar-refractivity contribution in [3.8, 4) is 0 Å². The molecule has 1 aliphatic heterocycles. The SMILES string of the molecule is CC(C)N1CCC(Cc2nc3cc(N)ccn3n2)C1. The second kappa shape index (κ2) is 4.81. The standard InChI is InChI=1S/C14H21N5/c1-10(2)18-5-3-11(9-18)7-13-16-14-8-12(15)4-6-19(14)17-13/h4,6,8,10-11H,3,5,7,9,15H2,1-2H3. The molecule has 0 spiro atoms. The van der Waals surface area contributed by atoms with Gasteiger partial charge < -0.3 is 10.6 Å². The van der Waals surface area contributed by atoms with Crippen LogP contribution in [0.25, 0.3) is 5.65 Å². The van der Waals surface area contributed by atoms with Crippen molar-refractivity contribution in [2.75, 3.05) is 18.8 Å². The summed E-state index contributed by atoms with van der Waals surface area (Å²) in [4.78, 5) is 7.09. The van der Waals surface area contributed by atoms with Crippen LogP contribution in [0.1, 0.15) is 26.1 Å². The molecule has 1 saturated heterocycles. The zero-order valence-corrected chi connectivity index (χ0v) is 11.6. The second-order valence-electron chi connectivity index (χ2n) is 5.74. The molecule has 3 rings (SSSR count). The van der Waals surface area contributed by atoms with Crippen LogP contribution in [0.5, 0.6) is 0 Å². The highest BCUT2D eigenvalue weighted by atomic mass is 15.3. The number of fused-ring (bicyclic) bond motifs is 1. The van der Waals surface area contributed by atoms with Gasteiger partial charge in [0.25, 0.3) is 0 Å². The van der Waals surface area contributed by atoms with Crippen molar-refractivity contribution in [3.63, 3.8) is 0 Å². The molecule has 1 aliphatic rings. The van der Waals surface area contributed by atoms with Gasteiger partial charge in [-0.05, 0) is 38.8 Å². The van der Waals surface area contributed by atoms with Crippen LogP contribution in [-0.4, -0.2) is 38.6 Å². The number of aromatic nitrogens is 3. The van der Waals surface area contributed by atoms with E-state index >= 15 is 0 Å². The molecule has 1 unspecified atom stereocenters. The molecule has 5 nitrogen and oxygen atoms in total. The minimum Gasteiger partial charge on any atom is -0.399 e. The molecule has 0 radical (unpaired) electrons. The van der Waals surface area contributed by atoms with Gasteiger partial charge in [0.15, 0.2) is 11.5 Å². The zero-order valence-electron chi connectivity index (χ0n) is 11.6. The summed E-state index contributed by atoms with van der Waals surface area (Å²) in [6.45, 7) is 6.88. The lowest BCUT2D eigenvalue weighted by molar-refractivity contribution is 0.264. The summed E-state index contributed by atoms with van der Waals surface area (Å²) in [6, 6.07) is 4.35. The van der Waals surface area contributed by atoms with E-state index in [9.17, 15) is 0 Å². The lowest BCUT2D eigenvalue weighted by Gasteiger charge is -2.19. The van der Waals surface area contributed by atoms with Crippen molar-refractivity contribution in [2.45, 2.75) is 32.7 Å². The van der Waals surface area contributed by atoms with Crippen LogP contribution < -0.4 is 5.73 Å². The highest BCUT2D eigenvalue weighted by molar-refractivity contribution is 5.50. The Morgan fingerprint density at radius 2 is 2.32 bits per heavy atom. The average molecular weight is 259 g/mol. The Balaban J connectivity index is 1.72. The van der Waals surface area contributed by atoms with Gasteiger partial charge in [-0.2, -0.15) is 5.10 Å². The number of hydrogen-bond acceptors (Lipinski definition) is 4. The van der Waals surface area contributed by atoms with Crippen LogP contribution in [0.2, 0.25) is 0 Å². The molecule has 2 N–H and O–H groups in total. The van der Waals surface area contributed by atoms with Crippen LogP contribution in [0.15, 0.2) is 18.3 Å². The summed E-state index contributed by atoms with van der Waals surface area (Å²) >= 11 is 0. The third-order valence-electron chi connectivity index (χ3n) is 3.92. The third-order valence-corrected chi connectivity index (χ3v) is 3.92. The highest BCUT2D eigenvalue weighted by Crippen LogP contribution is 2.21. The number of hydrogen-bond donors (Lipinski definition) is 1. The summed E-state index contributed by atoms with van der Waals surface area (Å²) in [5.41, 5.74) is 7.34. The number of pyridine rings is 1. The monoisotopic (exact) mass is 259 g/mol. The van der Waals surface area contributed by atoms with Gasteiger partial charge in [-0.25, -0.2) is 9.50 Å². The van der Waals surface area contributed by atoms with Gasteiger partial charge in [-0.1, -0.05) is 0 Å². The fraction of sp³-hybridized carbons (Fsp3) is 0.571. The van der Waals surface area contributed by atoms with E-state index in [0.717, 1.165) is 30.1 Å². The summed E-state index contributed by atoms with van der Waals surface area (Å²) < 4.78 is 1.81. The first-order chi connectivity index (χ1) is 9.11. The number of anilines is 1. The van der Waals surface area contributed by atoms with Crippen molar-refractivity contribution in [1.29, 1.82) is 0 Å². The van der Waals surface area contributed by atoms with E-state index in [2.05, 4.69) is 28.8 Å². The molecule has 19 heavy (non-hydrogen) atoms. The molecule has 0 aromatic carbocycles. The molecule has 1 atom stereocenters. The van der Waals surface area contributed by atoms with Gasteiger partial charge in [0, 0.05) is 37.0 Å². The van der Waals surface area contributed by atoms with Gasteiger partial charge >= 0.3 is 0 Å². The minimum atomic E-state index is 0.638. The topological polar surface area (TPSA) is 59.5 Å². The Hall–Kier alpha value is -1.62. The lowest BCUT2D eigenvalue weighted by atomic mass is 10.1. The smallest absolute Gasteiger partial charge is 0.157 e. The highest BCUT2D eigenvalue weighted by Gasteiger charge is 2.25. The largest absolute Gasteiger partial charge is 0.399 e. The Bertz CT molecular complexity index is 574. The van der Waals surface area contributed by atoms with Gasteiger partial charge in [0.05, 0.1) is 0 Å². The van der Waals surface area contributed by atoms with E-state index in [-0.39, 0.29) is 0 Å². The summed E-state index contributed by atoms with van der Waals surface area (Å²) in [5, 5.41) is 4.52. The van der Waals surface area contributed by atoms with Crippen molar-refractivity contribution >= 4 is 11.3 Å².